The Labute approximate surface area is 213 Å². The van der Waals surface area contributed by atoms with Gasteiger partial charge in [0, 0.05) is 46.9 Å². The predicted molar refractivity (Wildman–Crippen MR) is 144 cm³/mol. The summed E-state index contributed by atoms with van der Waals surface area (Å²) in [5.74, 6) is 0.878. The molecule has 0 bridgehead atoms. The van der Waals surface area contributed by atoms with Crippen LogP contribution in [0, 0.1) is 19.3 Å². The number of nitrogens with zero attached hydrogens (tertiary/aromatic N) is 4. The van der Waals surface area contributed by atoms with Crippen molar-refractivity contribution in [1.82, 2.24) is 29.9 Å². The van der Waals surface area contributed by atoms with Crippen molar-refractivity contribution < 1.29 is 4.74 Å². The summed E-state index contributed by atoms with van der Waals surface area (Å²) in [5.41, 5.74) is 10.7. The summed E-state index contributed by atoms with van der Waals surface area (Å²) in [5, 5.41) is 8.23. The molecular weight excluding hydrogens is 448 g/mol. The third kappa shape index (κ3) is 4.02. The van der Waals surface area contributed by atoms with Crippen LogP contribution in [0.2, 0.25) is 0 Å². The lowest BCUT2D eigenvalue weighted by Gasteiger charge is -2.40. The number of hydrogen-bond acceptors (Lipinski definition) is 5. The van der Waals surface area contributed by atoms with Crippen LogP contribution in [0.25, 0.3) is 27.9 Å². The van der Waals surface area contributed by atoms with Gasteiger partial charge in [0.1, 0.15) is 6.33 Å². The SMILES string of the molecule is Cc1c(-c2[nH]c3ccc(C4CCC(NCC5(C)COC5)CC4)nc3c2C(C)C)cn2ncnc2c1C. The molecular formula is C29H38N6O. The van der Waals surface area contributed by atoms with Crippen LogP contribution >= 0.6 is 0 Å². The minimum absolute atomic E-state index is 0.331. The van der Waals surface area contributed by atoms with Gasteiger partial charge in [-0.15, -0.1) is 0 Å². The fourth-order valence-electron chi connectivity index (χ4n) is 6.09. The Morgan fingerprint density at radius 1 is 1.14 bits per heavy atom. The van der Waals surface area contributed by atoms with Crippen molar-refractivity contribution in [3.8, 4) is 11.3 Å². The van der Waals surface area contributed by atoms with E-state index < -0.39 is 0 Å². The molecule has 1 aliphatic carbocycles. The van der Waals surface area contributed by atoms with Crippen molar-refractivity contribution >= 4 is 16.7 Å². The molecule has 4 aromatic heterocycles. The largest absolute Gasteiger partial charge is 0.380 e. The van der Waals surface area contributed by atoms with Crippen LogP contribution in [0.4, 0.5) is 0 Å². The van der Waals surface area contributed by atoms with Gasteiger partial charge in [-0.3, -0.25) is 4.98 Å². The van der Waals surface area contributed by atoms with Gasteiger partial charge in [-0.25, -0.2) is 9.50 Å². The summed E-state index contributed by atoms with van der Waals surface area (Å²) < 4.78 is 7.30. The maximum atomic E-state index is 5.41. The Hall–Kier alpha value is -2.77. The standard InChI is InChI=1S/C29H38N6O/c1-17(2)25-26(22-12-35-28(31-16-32-35)19(4)18(22)3)34-24-11-10-23(33-27(24)25)20-6-8-21(9-7-20)30-13-29(5)14-36-15-29/h10-12,16-17,20-21,30,34H,6-9,13-15H2,1-5H3. The fourth-order valence-corrected chi connectivity index (χ4v) is 6.09. The fraction of sp³-hybridized carbons (Fsp3) is 0.552. The molecule has 2 aliphatic rings. The Morgan fingerprint density at radius 3 is 2.61 bits per heavy atom. The molecule has 2 fully saturated rings. The molecule has 1 saturated carbocycles. The zero-order chi connectivity index (χ0) is 25.0. The van der Waals surface area contributed by atoms with Crippen molar-refractivity contribution in [2.24, 2.45) is 5.41 Å². The minimum Gasteiger partial charge on any atom is -0.380 e. The molecule has 0 radical (unpaired) electrons. The number of aryl methyl sites for hydroxylation is 1. The molecule has 190 valence electrons. The second kappa shape index (κ2) is 8.96. The van der Waals surface area contributed by atoms with Crippen LogP contribution in [0.15, 0.2) is 24.7 Å². The highest BCUT2D eigenvalue weighted by atomic mass is 16.5. The van der Waals surface area contributed by atoms with E-state index in [2.05, 4.69) is 73.3 Å². The van der Waals surface area contributed by atoms with E-state index in [1.165, 1.54) is 48.1 Å². The van der Waals surface area contributed by atoms with Gasteiger partial charge in [0.25, 0.3) is 0 Å². The maximum absolute atomic E-state index is 5.41. The van der Waals surface area contributed by atoms with Crippen molar-refractivity contribution in [3.05, 3.63) is 47.0 Å². The molecule has 7 heteroatoms. The molecule has 0 amide bonds. The van der Waals surface area contributed by atoms with Crippen LogP contribution in [-0.4, -0.2) is 50.4 Å². The lowest BCUT2D eigenvalue weighted by atomic mass is 9.82. The van der Waals surface area contributed by atoms with E-state index in [0.29, 0.717) is 23.3 Å². The molecule has 0 atom stereocenters. The van der Waals surface area contributed by atoms with Gasteiger partial charge < -0.3 is 15.0 Å². The third-order valence-corrected chi connectivity index (χ3v) is 8.54. The Kier molecular flexibility index (Phi) is 5.88. The van der Waals surface area contributed by atoms with Crippen LogP contribution in [0.1, 0.15) is 80.7 Å². The first-order valence-corrected chi connectivity index (χ1v) is 13.5. The van der Waals surface area contributed by atoms with Gasteiger partial charge in [-0.1, -0.05) is 20.8 Å². The normalized spacial score (nSPS) is 21.9. The predicted octanol–water partition coefficient (Wildman–Crippen LogP) is 5.67. The molecule has 0 unspecified atom stereocenters. The van der Waals surface area contributed by atoms with E-state index in [1.54, 1.807) is 6.33 Å². The lowest BCUT2D eigenvalue weighted by molar-refractivity contribution is -0.100. The molecule has 0 aromatic carbocycles. The Bertz CT molecular complexity index is 1400. The van der Waals surface area contributed by atoms with Crippen LogP contribution in [-0.2, 0) is 4.74 Å². The first-order chi connectivity index (χ1) is 17.3. The number of fused-ring (bicyclic) bond motifs is 2. The lowest BCUT2D eigenvalue weighted by Crippen LogP contribution is -2.50. The molecule has 6 rings (SSSR count). The summed E-state index contributed by atoms with van der Waals surface area (Å²) >= 11 is 0. The number of nitrogens with one attached hydrogen (secondary N) is 2. The van der Waals surface area contributed by atoms with Crippen molar-refractivity contribution in [3.63, 3.8) is 0 Å². The van der Waals surface area contributed by atoms with E-state index in [-0.39, 0.29) is 0 Å². The number of H-pyrrole nitrogens is 1. The van der Waals surface area contributed by atoms with Crippen LogP contribution in [0.3, 0.4) is 0 Å². The zero-order valence-electron chi connectivity index (χ0n) is 22.2. The first kappa shape index (κ1) is 23.6. The Balaban J connectivity index is 1.28. The van der Waals surface area contributed by atoms with E-state index in [0.717, 1.165) is 47.7 Å². The number of aromatic nitrogens is 5. The minimum atomic E-state index is 0.331. The smallest absolute Gasteiger partial charge is 0.158 e. The van der Waals surface area contributed by atoms with Gasteiger partial charge in [-0.2, -0.15) is 5.10 Å². The van der Waals surface area contributed by atoms with Gasteiger partial charge in [0.05, 0.1) is 29.9 Å². The summed E-state index contributed by atoms with van der Waals surface area (Å²) in [7, 11) is 0. The summed E-state index contributed by atoms with van der Waals surface area (Å²) in [6, 6.07) is 5.10. The van der Waals surface area contributed by atoms with Crippen molar-refractivity contribution in [1.29, 1.82) is 0 Å². The highest BCUT2D eigenvalue weighted by molar-refractivity contribution is 5.89. The Morgan fingerprint density at radius 2 is 1.92 bits per heavy atom. The summed E-state index contributed by atoms with van der Waals surface area (Å²) in [4.78, 5) is 13.5. The van der Waals surface area contributed by atoms with E-state index in [1.807, 2.05) is 4.52 Å². The molecule has 2 N–H and O–H groups in total. The maximum Gasteiger partial charge on any atom is 0.158 e. The van der Waals surface area contributed by atoms with Gasteiger partial charge in [-0.05, 0) is 68.7 Å². The monoisotopic (exact) mass is 486 g/mol. The van der Waals surface area contributed by atoms with E-state index in [9.17, 15) is 0 Å². The number of rotatable bonds is 6. The molecule has 36 heavy (non-hydrogen) atoms. The van der Waals surface area contributed by atoms with E-state index >= 15 is 0 Å². The molecule has 1 aliphatic heterocycles. The molecule has 4 aromatic rings. The second-order valence-corrected chi connectivity index (χ2v) is 11.8. The molecule has 7 nitrogen and oxygen atoms in total. The van der Waals surface area contributed by atoms with E-state index in [4.69, 9.17) is 9.72 Å². The number of hydrogen-bond donors (Lipinski definition) is 2. The highest BCUT2D eigenvalue weighted by Gasteiger charge is 2.34. The topological polar surface area (TPSA) is 80.1 Å². The third-order valence-electron chi connectivity index (χ3n) is 8.54. The first-order valence-electron chi connectivity index (χ1n) is 13.5. The van der Waals surface area contributed by atoms with Crippen LogP contribution in [0.5, 0.6) is 0 Å². The zero-order valence-corrected chi connectivity index (χ0v) is 22.2. The molecule has 1 saturated heterocycles. The number of pyridine rings is 2. The summed E-state index contributed by atoms with van der Waals surface area (Å²) in [6.45, 7) is 14.0. The second-order valence-electron chi connectivity index (χ2n) is 11.8. The van der Waals surface area contributed by atoms with Crippen molar-refractivity contribution in [2.45, 2.75) is 78.2 Å². The number of ether oxygens (including phenoxy) is 1. The average molecular weight is 487 g/mol. The average Bonchev–Trinajstić information content (AvgIpc) is 3.48. The molecule has 0 spiro atoms. The van der Waals surface area contributed by atoms with Crippen LogP contribution < -0.4 is 5.32 Å². The van der Waals surface area contributed by atoms with Gasteiger partial charge in [0.15, 0.2) is 5.65 Å². The summed E-state index contributed by atoms with van der Waals surface area (Å²) in [6.07, 6.45) is 8.55. The van der Waals surface area contributed by atoms with Gasteiger partial charge >= 0.3 is 0 Å². The van der Waals surface area contributed by atoms with Crippen molar-refractivity contribution in [2.75, 3.05) is 19.8 Å². The number of aromatic amines is 1. The molecule has 5 heterocycles. The quantitative estimate of drug-likeness (QED) is 0.367. The highest BCUT2D eigenvalue weighted by Crippen LogP contribution is 2.39. The van der Waals surface area contributed by atoms with Gasteiger partial charge in [0.2, 0.25) is 0 Å².